The topological polar surface area (TPSA) is 84.3 Å². The van der Waals surface area contributed by atoms with Crippen LogP contribution >= 0.6 is 0 Å². The highest BCUT2D eigenvalue weighted by Gasteiger charge is 2.14. The third-order valence-electron chi connectivity index (χ3n) is 3.08. The minimum atomic E-state index is -0.613. The van der Waals surface area contributed by atoms with Gasteiger partial charge in [0.25, 0.3) is 0 Å². The second-order valence-electron chi connectivity index (χ2n) is 4.85. The second kappa shape index (κ2) is 9.96. The van der Waals surface area contributed by atoms with Gasteiger partial charge in [0.2, 0.25) is 11.8 Å². The Kier molecular flexibility index (Phi) is 8.16. The first-order valence-corrected chi connectivity index (χ1v) is 7.66. The summed E-state index contributed by atoms with van der Waals surface area (Å²) in [5.74, 6) is -0.638. The fourth-order valence-corrected chi connectivity index (χ4v) is 1.92. The van der Waals surface area contributed by atoms with Gasteiger partial charge in [-0.2, -0.15) is 4.98 Å². The van der Waals surface area contributed by atoms with Crippen LogP contribution in [0.5, 0.6) is 5.88 Å². The van der Waals surface area contributed by atoms with Gasteiger partial charge in [0, 0.05) is 6.54 Å². The summed E-state index contributed by atoms with van der Waals surface area (Å²) in [6.45, 7) is 4.90. The van der Waals surface area contributed by atoms with Crippen molar-refractivity contribution < 1.29 is 14.6 Å². The van der Waals surface area contributed by atoms with Crippen molar-refractivity contribution in [3.05, 3.63) is 11.8 Å². The first-order valence-electron chi connectivity index (χ1n) is 7.66. The number of aromatic nitrogens is 2. The molecule has 1 rings (SSSR count). The molecule has 0 amide bonds. The summed E-state index contributed by atoms with van der Waals surface area (Å²) >= 11 is 0. The fourth-order valence-electron chi connectivity index (χ4n) is 1.92. The normalized spacial score (nSPS) is 10.4. The van der Waals surface area contributed by atoms with Crippen molar-refractivity contribution >= 4 is 11.9 Å². The monoisotopic (exact) mass is 295 g/mol. The molecule has 0 bridgehead atoms. The smallest absolute Gasteiger partial charge is 0.345 e. The van der Waals surface area contributed by atoms with E-state index in [9.17, 15) is 9.90 Å². The Balaban J connectivity index is 2.33. The molecule has 1 heterocycles. The lowest BCUT2D eigenvalue weighted by molar-refractivity contribution is 0.0521. The molecule has 21 heavy (non-hydrogen) atoms. The van der Waals surface area contributed by atoms with Crippen molar-refractivity contribution in [2.75, 3.05) is 18.5 Å². The van der Waals surface area contributed by atoms with Gasteiger partial charge < -0.3 is 15.2 Å². The van der Waals surface area contributed by atoms with Gasteiger partial charge in [0.05, 0.1) is 12.8 Å². The number of aromatic hydroxyl groups is 1. The van der Waals surface area contributed by atoms with Crippen LogP contribution in [0.25, 0.3) is 0 Å². The van der Waals surface area contributed by atoms with Gasteiger partial charge in [-0.1, -0.05) is 39.0 Å². The van der Waals surface area contributed by atoms with Gasteiger partial charge in [-0.25, -0.2) is 9.78 Å². The number of unbranched alkanes of at least 4 members (excludes halogenated alkanes) is 5. The molecule has 118 valence electrons. The van der Waals surface area contributed by atoms with E-state index in [0.29, 0.717) is 5.95 Å². The van der Waals surface area contributed by atoms with E-state index in [1.165, 1.54) is 38.3 Å². The van der Waals surface area contributed by atoms with E-state index >= 15 is 0 Å². The summed E-state index contributed by atoms with van der Waals surface area (Å²) in [7, 11) is 0. The minimum absolute atomic E-state index is 0.0121. The summed E-state index contributed by atoms with van der Waals surface area (Å²) in [5.41, 5.74) is -0.0121. The minimum Gasteiger partial charge on any atom is -0.493 e. The standard InChI is InChI=1S/C15H25N3O3/c1-3-5-6-7-8-9-10-16-15-17-11-12(13(19)18-15)14(20)21-4-2/h11H,3-10H2,1-2H3,(H2,16,17,18,19). The third-order valence-corrected chi connectivity index (χ3v) is 3.08. The zero-order chi connectivity index (χ0) is 15.5. The average Bonchev–Trinajstić information content (AvgIpc) is 2.46. The Hall–Kier alpha value is -1.85. The van der Waals surface area contributed by atoms with Crippen LogP contribution in [0.15, 0.2) is 6.20 Å². The van der Waals surface area contributed by atoms with E-state index in [1.54, 1.807) is 6.92 Å². The second-order valence-corrected chi connectivity index (χ2v) is 4.85. The molecule has 6 heteroatoms. The predicted octanol–water partition coefficient (Wildman–Crippen LogP) is 3.13. The Morgan fingerprint density at radius 3 is 2.62 bits per heavy atom. The third kappa shape index (κ3) is 6.42. The first-order chi connectivity index (χ1) is 10.2. The van der Waals surface area contributed by atoms with E-state index in [-0.39, 0.29) is 18.1 Å². The van der Waals surface area contributed by atoms with E-state index < -0.39 is 5.97 Å². The average molecular weight is 295 g/mol. The molecular formula is C15H25N3O3. The number of nitrogens with zero attached hydrogens (tertiary/aromatic N) is 2. The molecule has 0 aliphatic rings. The molecule has 0 aromatic carbocycles. The van der Waals surface area contributed by atoms with Crippen molar-refractivity contribution in [1.82, 2.24) is 9.97 Å². The predicted molar refractivity (Wildman–Crippen MR) is 81.5 cm³/mol. The van der Waals surface area contributed by atoms with Crippen molar-refractivity contribution in [2.45, 2.75) is 52.4 Å². The summed E-state index contributed by atoms with van der Waals surface area (Å²) in [4.78, 5) is 19.3. The Bertz CT molecular complexity index is 438. The molecule has 1 aromatic heterocycles. The number of hydrogen-bond donors (Lipinski definition) is 2. The van der Waals surface area contributed by atoms with Crippen LogP contribution in [0.2, 0.25) is 0 Å². The van der Waals surface area contributed by atoms with E-state index in [1.807, 2.05) is 0 Å². The Morgan fingerprint density at radius 2 is 1.95 bits per heavy atom. The summed E-state index contributed by atoms with van der Waals surface area (Å²) in [6, 6.07) is 0. The summed E-state index contributed by atoms with van der Waals surface area (Å²) < 4.78 is 4.79. The molecule has 0 radical (unpaired) electrons. The Morgan fingerprint density at radius 1 is 1.24 bits per heavy atom. The molecule has 0 saturated carbocycles. The molecule has 0 fully saturated rings. The Labute approximate surface area is 126 Å². The molecule has 2 N–H and O–H groups in total. The molecule has 0 spiro atoms. The van der Waals surface area contributed by atoms with Gasteiger partial charge in [0.1, 0.15) is 5.56 Å². The van der Waals surface area contributed by atoms with Gasteiger partial charge in [-0.3, -0.25) is 0 Å². The van der Waals surface area contributed by atoms with Crippen LogP contribution in [-0.4, -0.2) is 34.2 Å². The maximum Gasteiger partial charge on any atom is 0.345 e. The highest BCUT2D eigenvalue weighted by molar-refractivity contribution is 5.91. The van der Waals surface area contributed by atoms with Gasteiger partial charge in [-0.15, -0.1) is 0 Å². The lowest BCUT2D eigenvalue weighted by Gasteiger charge is -2.07. The fraction of sp³-hybridized carbons (Fsp3) is 0.667. The van der Waals surface area contributed by atoms with E-state index in [2.05, 4.69) is 22.2 Å². The molecular weight excluding hydrogens is 270 g/mol. The number of carbonyl (C=O) groups is 1. The molecule has 0 unspecified atom stereocenters. The highest BCUT2D eigenvalue weighted by Crippen LogP contribution is 2.15. The molecule has 0 atom stereocenters. The number of ether oxygens (including phenoxy) is 1. The molecule has 0 aliphatic carbocycles. The highest BCUT2D eigenvalue weighted by atomic mass is 16.5. The number of carbonyl (C=O) groups excluding carboxylic acids is 1. The number of anilines is 1. The summed E-state index contributed by atoms with van der Waals surface area (Å²) in [6.07, 6.45) is 8.54. The van der Waals surface area contributed by atoms with Gasteiger partial charge in [-0.05, 0) is 13.3 Å². The maximum absolute atomic E-state index is 11.5. The number of nitrogens with one attached hydrogen (secondary N) is 1. The van der Waals surface area contributed by atoms with E-state index in [4.69, 9.17) is 4.74 Å². The number of rotatable bonds is 10. The number of esters is 1. The van der Waals surface area contributed by atoms with Crippen molar-refractivity contribution in [1.29, 1.82) is 0 Å². The van der Waals surface area contributed by atoms with Crippen LogP contribution in [0.3, 0.4) is 0 Å². The lowest BCUT2D eigenvalue weighted by atomic mass is 10.1. The van der Waals surface area contributed by atoms with Crippen LogP contribution in [0.4, 0.5) is 5.95 Å². The quantitative estimate of drug-likeness (QED) is 0.509. The van der Waals surface area contributed by atoms with E-state index in [0.717, 1.165) is 13.0 Å². The van der Waals surface area contributed by atoms with Gasteiger partial charge >= 0.3 is 5.97 Å². The molecule has 0 aliphatic heterocycles. The van der Waals surface area contributed by atoms with Crippen molar-refractivity contribution in [3.8, 4) is 5.88 Å². The van der Waals surface area contributed by atoms with Crippen molar-refractivity contribution in [2.24, 2.45) is 0 Å². The van der Waals surface area contributed by atoms with Crippen LogP contribution in [0, 0.1) is 0 Å². The van der Waals surface area contributed by atoms with Crippen molar-refractivity contribution in [3.63, 3.8) is 0 Å². The van der Waals surface area contributed by atoms with Gasteiger partial charge in [0.15, 0.2) is 0 Å². The molecule has 6 nitrogen and oxygen atoms in total. The van der Waals surface area contributed by atoms with Crippen LogP contribution in [0.1, 0.15) is 62.7 Å². The largest absolute Gasteiger partial charge is 0.493 e. The lowest BCUT2D eigenvalue weighted by Crippen LogP contribution is -2.10. The zero-order valence-corrected chi connectivity index (χ0v) is 12.9. The maximum atomic E-state index is 11.5. The molecule has 1 aromatic rings. The summed E-state index contributed by atoms with van der Waals surface area (Å²) in [5, 5.41) is 12.7. The molecule has 0 saturated heterocycles. The number of hydrogen-bond acceptors (Lipinski definition) is 6. The van der Waals surface area contributed by atoms with Crippen LogP contribution < -0.4 is 5.32 Å². The first kappa shape index (κ1) is 17.2. The van der Waals surface area contributed by atoms with Crippen LogP contribution in [-0.2, 0) is 4.74 Å². The SMILES string of the molecule is CCCCCCCCNc1ncc(C(=O)OCC)c(O)n1. The zero-order valence-electron chi connectivity index (χ0n) is 12.9.